The van der Waals surface area contributed by atoms with E-state index in [-0.39, 0.29) is 24.7 Å². The Labute approximate surface area is 243 Å². The van der Waals surface area contributed by atoms with E-state index in [0.29, 0.717) is 6.42 Å². The van der Waals surface area contributed by atoms with Crippen molar-refractivity contribution in [3.05, 3.63) is 12.2 Å². The maximum atomic E-state index is 10.3. The number of hydrogen-bond donors (Lipinski definition) is 10. The summed E-state index contributed by atoms with van der Waals surface area (Å²) in [6.45, 7) is 2.01. The summed E-state index contributed by atoms with van der Waals surface area (Å²) in [5, 5.41) is 39.0. The van der Waals surface area contributed by atoms with Crippen molar-refractivity contribution < 1.29 is 59.2 Å². The summed E-state index contributed by atoms with van der Waals surface area (Å²) in [7, 11) is -4.64. The number of thiol groups is 2. The molecule has 0 aliphatic carbocycles. The van der Waals surface area contributed by atoms with E-state index in [1.165, 1.54) is 70.6 Å². The van der Waals surface area contributed by atoms with Crippen LogP contribution in [0, 0.1) is 0 Å². The van der Waals surface area contributed by atoms with Crippen LogP contribution in [0.15, 0.2) is 12.2 Å². The molecule has 0 fully saturated rings. The Kier molecular flexibility index (Phi) is 50.5. The Morgan fingerprint density at radius 3 is 1.15 bits per heavy atom. The molecule has 8 N–H and O–H groups in total. The number of hydrogen-bond acceptors (Lipinski definition) is 8. The molecule has 0 aromatic rings. The number of aliphatic carboxylic acids is 3. The largest absolute Gasteiger partial charge is 0.481 e. The van der Waals surface area contributed by atoms with Gasteiger partial charge in [0.05, 0.1) is 24.7 Å². The zero-order valence-corrected chi connectivity index (χ0v) is 25.6. The molecule has 0 amide bonds. The summed E-state index contributed by atoms with van der Waals surface area (Å²) in [5.41, 5.74) is 0. The van der Waals surface area contributed by atoms with Crippen LogP contribution in [0.1, 0.15) is 96.8 Å². The van der Waals surface area contributed by atoms with Gasteiger partial charge < -0.3 is 40.2 Å². The van der Waals surface area contributed by atoms with Gasteiger partial charge in [0.15, 0.2) is 0 Å². The second-order valence-corrected chi connectivity index (χ2v) is 9.45. The number of carboxylic acids is 3. The molecule has 0 rings (SSSR count). The van der Waals surface area contributed by atoms with E-state index in [2.05, 4.69) is 44.3 Å². The predicted molar refractivity (Wildman–Crippen MR) is 158 cm³/mol. The molecule has 0 saturated heterocycles. The van der Waals surface area contributed by atoms with Gasteiger partial charge in [-0.15, -0.1) is 0 Å². The lowest BCUT2D eigenvalue weighted by Crippen LogP contribution is -1.93. The highest BCUT2D eigenvalue weighted by atomic mass is 32.1. The molecule has 15 heteroatoms. The fraction of sp³-hybridized carbons (Fsp3) is 0.792. The standard InChI is InChI=1S/C18H34O2.2C2H4O2S.C2H6O2.H3O4P/c1-2-3-4-5-6-7-8-9-10-11-12-13-14-15-16-17-18(19)20;2*3-2(4)1-5;3-1-2-4;1-5(2,3)4/h9-10H,2-8,11-17H2,1H3,(H,19,20);2*5H,1H2,(H,3,4);3-4H,1-2H2;(H3,1,2,3,4)/b10-9-;;;;. The van der Waals surface area contributed by atoms with E-state index >= 15 is 0 Å². The van der Waals surface area contributed by atoms with Gasteiger partial charge in [0.25, 0.3) is 0 Å². The van der Waals surface area contributed by atoms with Gasteiger partial charge in [0.1, 0.15) is 0 Å². The van der Waals surface area contributed by atoms with Gasteiger partial charge in [-0.25, -0.2) is 4.57 Å². The molecule has 0 aromatic heterocycles. The fourth-order valence-electron chi connectivity index (χ4n) is 2.35. The molecule has 0 aliphatic heterocycles. The lowest BCUT2D eigenvalue weighted by Gasteiger charge is -1.99. The lowest BCUT2D eigenvalue weighted by atomic mass is 10.1. The summed E-state index contributed by atoms with van der Waals surface area (Å²) in [6, 6.07) is 0. The van der Waals surface area contributed by atoms with Gasteiger partial charge in [-0.3, -0.25) is 14.4 Å². The van der Waals surface area contributed by atoms with Gasteiger partial charge in [-0.05, 0) is 32.1 Å². The van der Waals surface area contributed by atoms with Crippen LogP contribution in [-0.2, 0) is 18.9 Å². The van der Waals surface area contributed by atoms with Crippen molar-refractivity contribution in [2.24, 2.45) is 0 Å². The molecule has 0 aromatic carbocycles. The molecule has 0 heterocycles. The Hall–Kier alpha value is -1.12. The fourth-order valence-corrected chi connectivity index (χ4v) is 2.35. The molecule has 0 unspecified atom stereocenters. The normalized spacial score (nSPS) is 9.95. The van der Waals surface area contributed by atoms with Gasteiger partial charge in [0, 0.05) is 6.42 Å². The van der Waals surface area contributed by atoms with Crippen molar-refractivity contribution in [2.75, 3.05) is 24.7 Å². The molecular formula is C24H51O12PS2. The number of unbranched alkanes of at least 4 members (excludes halogenated alkanes) is 11. The second kappa shape index (κ2) is 41.4. The first-order valence-electron chi connectivity index (χ1n) is 12.7. The lowest BCUT2D eigenvalue weighted by molar-refractivity contribution is -0.137. The van der Waals surface area contributed by atoms with E-state index in [4.69, 9.17) is 44.8 Å². The number of rotatable bonds is 18. The number of carbonyl (C=O) groups is 3. The van der Waals surface area contributed by atoms with E-state index < -0.39 is 25.7 Å². The predicted octanol–water partition coefficient (Wildman–Crippen LogP) is 4.15. The van der Waals surface area contributed by atoms with Crippen molar-refractivity contribution in [3.63, 3.8) is 0 Å². The average Bonchev–Trinajstić information content (AvgIpc) is 2.86. The molecule has 236 valence electrons. The molecule has 0 saturated carbocycles. The summed E-state index contributed by atoms with van der Waals surface area (Å²) >= 11 is 6.83. The van der Waals surface area contributed by atoms with Crippen molar-refractivity contribution in [1.29, 1.82) is 0 Å². The molecule has 0 atom stereocenters. The number of carboxylic acid groups (broad SMARTS) is 3. The first kappa shape index (κ1) is 47.7. The average molecular weight is 627 g/mol. The Balaban J connectivity index is -0.000000163. The van der Waals surface area contributed by atoms with Crippen molar-refractivity contribution in [3.8, 4) is 0 Å². The SMILES string of the molecule is CCCCCCCC/C=C\CCCCCCCC(=O)O.O=C(O)CS.O=C(O)CS.O=P(O)(O)O.OCCO. The van der Waals surface area contributed by atoms with Crippen LogP contribution >= 0.6 is 33.1 Å². The van der Waals surface area contributed by atoms with E-state index in [0.717, 1.165) is 12.8 Å². The summed E-state index contributed by atoms with van der Waals surface area (Å²) in [6.07, 6.45) is 21.2. The highest BCUT2D eigenvalue weighted by molar-refractivity contribution is 7.81. The number of aliphatic hydroxyl groups excluding tert-OH is 2. The molecule has 0 radical (unpaired) electrons. The first-order valence-corrected chi connectivity index (χ1v) is 15.6. The monoisotopic (exact) mass is 626 g/mol. The Bertz CT molecular complexity index is 577. The summed E-state index contributed by atoms with van der Waals surface area (Å²) in [4.78, 5) is 50.5. The van der Waals surface area contributed by atoms with Crippen LogP contribution in [0.4, 0.5) is 0 Å². The second-order valence-electron chi connectivity index (χ2n) is 7.79. The van der Waals surface area contributed by atoms with Crippen LogP contribution in [0.25, 0.3) is 0 Å². The number of aliphatic hydroxyl groups is 2. The van der Waals surface area contributed by atoms with Crippen LogP contribution in [0.3, 0.4) is 0 Å². The summed E-state index contributed by atoms with van der Waals surface area (Å²) < 4.78 is 8.88. The number of allylic oxidation sites excluding steroid dienone is 2. The Morgan fingerprint density at radius 1 is 0.615 bits per heavy atom. The molecule has 0 aliphatic rings. The van der Waals surface area contributed by atoms with E-state index in [9.17, 15) is 14.4 Å². The third kappa shape index (κ3) is 103. The zero-order chi connectivity index (χ0) is 31.4. The topological polar surface area (TPSA) is 230 Å². The zero-order valence-electron chi connectivity index (χ0n) is 22.9. The van der Waals surface area contributed by atoms with Crippen molar-refractivity contribution in [2.45, 2.75) is 96.8 Å². The minimum absolute atomic E-state index is 0.0833. The van der Waals surface area contributed by atoms with Crippen LogP contribution in [0.2, 0.25) is 0 Å². The molecular weight excluding hydrogens is 575 g/mol. The third-order valence-corrected chi connectivity index (χ3v) is 4.56. The summed E-state index contributed by atoms with van der Waals surface area (Å²) in [5.74, 6) is -2.59. The van der Waals surface area contributed by atoms with E-state index in [1.54, 1.807) is 0 Å². The maximum absolute atomic E-state index is 10.3. The molecule has 0 spiro atoms. The van der Waals surface area contributed by atoms with Crippen LogP contribution in [-0.4, -0.2) is 82.8 Å². The molecule has 0 bridgehead atoms. The van der Waals surface area contributed by atoms with Gasteiger partial charge in [-0.2, -0.15) is 25.3 Å². The van der Waals surface area contributed by atoms with Crippen LogP contribution < -0.4 is 0 Å². The third-order valence-electron chi connectivity index (χ3n) is 4.02. The molecule has 12 nitrogen and oxygen atoms in total. The van der Waals surface area contributed by atoms with Gasteiger partial charge in [-0.1, -0.05) is 70.4 Å². The highest BCUT2D eigenvalue weighted by Crippen LogP contribution is 2.25. The first-order chi connectivity index (χ1) is 18.2. The quantitative estimate of drug-likeness (QED) is 0.0447. The van der Waals surface area contributed by atoms with Crippen molar-refractivity contribution in [1.82, 2.24) is 0 Å². The minimum atomic E-state index is -4.64. The highest BCUT2D eigenvalue weighted by Gasteiger charge is 2.00. The van der Waals surface area contributed by atoms with Crippen LogP contribution in [0.5, 0.6) is 0 Å². The Morgan fingerprint density at radius 2 is 0.897 bits per heavy atom. The minimum Gasteiger partial charge on any atom is -0.481 e. The van der Waals surface area contributed by atoms with E-state index in [1.807, 2.05) is 0 Å². The van der Waals surface area contributed by atoms with Crippen molar-refractivity contribution >= 4 is 51.0 Å². The maximum Gasteiger partial charge on any atom is 0.466 e. The van der Waals surface area contributed by atoms with Gasteiger partial charge >= 0.3 is 25.7 Å². The number of phosphoric acid groups is 1. The van der Waals surface area contributed by atoms with Gasteiger partial charge in [0.2, 0.25) is 0 Å². The smallest absolute Gasteiger partial charge is 0.466 e. The molecule has 39 heavy (non-hydrogen) atoms.